The van der Waals surface area contributed by atoms with Crippen molar-refractivity contribution in [2.45, 2.75) is 61.4 Å². The van der Waals surface area contributed by atoms with E-state index >= 15 is 4.39 Å². The van der Waals surface area contributed by atoms with Crippen LogP contribution in [0.1, 0.15) is 31.4 Å². The number of aryl methyl sites for hydroxylation is 1. The van der Waals surface area contributed by atoms with Crippen LogP contribution in [-0.4, -0.2) is 92.7 Å². The average molecular weight is 532 g/mol. The van der Waals surface area contributed by atoms with Crippen LogP contribution in [0.3, 0.4) is 0 Å². The van der Waals surface area contributed by atoms with Crippen molar-refractivity contribution in [3.05, 3.63) is 36.2 Å². The van der Waals surface area contributed by atoms with Gasteiger partial charge < -0.3 is 5.32 Å². The molecule has 2 atom stereocenters. The van der Waals surface area contributed by atoms with Gasteiger partial charge in [0, 0.05) is 30.9 Å². The van der Waals surface area contributed by atoms with Crippen molar-refractivity contribution in [1.82, 2.24) is 34.5 Å². The molecule has 1 N–H and O–H groups in total. The molecule has 0 bridgehead atoms. The Morgan fingerprint density at radius 2 is 2.03 bits per heavy atom. The largest absolute Gasteiger partial charge is 0.347 e. The molecule has 2 aliphatic rings. The molecular formula is C25H28B2F2N8S. The molecule has 8 nitrogen and oxygen atoms in total. The van der Waals surface area contributed by atoms with Gasteiger partial charge in [-0.15, -0.1) is 10.2 Å². The second-order valence-corrected chi connectivity index (χ2v) is 11.2. The first-order valence-electron chi connectivity index (χ1n) is 13.0. The Morgan fingerprint density at radius 1 is 1.18 bits per heavy atom. The predicted octanol–water partition coefficient (Wildman–Crippen LogP) is 2.95. The van der Waals surface area contributed by atoms with Crippen LogP contribution in [0, 0.1) is 0 Å². The fourth-order valence-corrected chi connectivity index (χ4v) is 5.65. The van der Waals surface area contributed by atoms with Crippen molar-refractivity contribution in [1.29, 1.82) is 0 Å². The third-order valence-corrected chi connectivity index (χ3v) is 7.79. The van der Waals surface area contributed by atoms with Gasteiger partial charge in [0.05, 0.1) is 45.0 Å². The molecular weight excluding hydrogens is 504 g/mol. The zero-order valence-electron chi connectivity index (χ0n) is 21.0. The molecule has 38 heavy (non-hydrogen) atoms. The molecule has 4 heterocycles. The second-order valence-electron chi connectivity index (χ2n) is 10.4. The monoisotopic (exact) mass is 532 g/mol. The number of hydrogen-bond donors (Lipinski definition) is 2. The molecule has 4 radical (unpaired) electrons. The molecule has 2 fully saturated rings. The Kier molecular flexibility index (Phi) is 6.84. The van der Waals surface area contributed by atoms with Crippen LogP contribution in [0.5, 0.6) is 0 Å². The number of anilines is 1. The van der Waals surface area contributed by atoms with E-state index in [0.29, 0.717) is 41.7 Å². The van der Waals surface area contributed by atoms with E-state index in [0.717, 1.165) is 36.0 Å². The SMILES string of the molecule is [B]C([B])(S)Cc1nc(NC2CCN(C3CCC3)C[C@@H]2F)nn2ccc(-c3ccc4nnn(CCF)c4c3)c12. The number of nitrogens with zero attached hydrogens (tertiary/aromatic N) is 7. The summed E-state index contributed by atoms with van der Waals surface area (Å²) >= 11 is 4.34. The van der Waals surface area contributed by atoms with Gasteiger partial charge in [-0.25, -0.2) is 23.0 Å². The lowest BCUT2D eigenvalue weighted by Gasteiger charge is -2.43. The van der Waals surface area contributed by atoms with Gasteiger partial charge in [0.1, 0.15) is 18.4 Å². The van der Waals surface area contributed by atoms with Gasteiger partial charge in [0.25, 0.3) is 0 Å². The van der Waals surface area contributed by atoms with Gasteiger partial charge >= 0.3 is 0 Å². The lowest BCUT2D eigenvalue weighted by molar-refractivity contribution is 0.0552. The summed E-state index contributed by atoms with van der Waals surface area (Å²) in [5, 5.41) is 16.0. The number of halogens is 2. The van der Waals surface area contributed by atoms with Gasteiger partial charge in [-0.05, 0) is 49.4 Å². The topological polar surface area (TPSA) is 76.2 Å². The summed E-state index contributed by atoms with van der Waals surface area (Å²) in [6.45, 7) is 0.861. The van der Waals surface area contributed by atoms with E-state index in [1.54, 1.807) is 9.20 Å². The molecule has 1 saturated carbocycles. The van der Waals surface area contributed by atoms with E-state index in [4.69, 9.17) is 20.7 Å². The van der Waals surface area contributed by atoms with E-state index in [9.17, 15) is 4.39 Å². The number of likely N-dealkylation sites (tertiary alicyclic amines) is 1. The molecule has 0 spiro atoms. The number of aromatic nitrogens is 6. The number of hydrogen-bond acceptors (Lipinski definition) is 7. The van der Waals surface area contributed by atoms with Crippen molar-refractivity contribution in [3.8, 4) is 11.1 Å². The summed E-state index contributed by atoms with van der Waals surface area (Å²) in [5.41, 5.74) is 4.40. The zero-order chi connectivity index (χ0) is 26.4. The normalized spacial score (nSPS) is 21.2. The van der Waals surface area contributed by atoms with Crippen LogP contribution >= 0.6 is 12.6 Å². The fraction of sp³-hybridized carbons (Fsp3) is 0.520. The van der Waals surface area contributed by atoms with Crippen molar-refractivity contribution in [3.63, 3.8) is 0 Å². The van der Waals surface area contributed by atoms with E-state index in [1.165, 1.54) is 6.42 Å². The molecule has 1 saturated heterocycles. The Labute approximate surface area is 227 Å². The third kappa shape index (κ3) is 5.02. The number of alkyl halides is 2. The average Bonchev–Trinajstić information content (AvgIpc) is 3.43. The maximum absolute atomic E-state index is 15.1. The zero-order valence-corrected chi connectivity index (χ0v) is 21.9. The minimum absolute atomic E-state index is 0.123. The Hall–Kier alpha value is -2.66. The van der Waals surface area contributed by atoms with E-state index in [1.807, 2.05) is 30.5 Å². The van der Waals surface area contributed by atoms with Crippen LogP contribution in [0.25, 0.3) is 27.7 Å². The number of rotatable bonds is 8. The molecule has 1 aliphatic carbocycles. The fourth-order valence-electron chi connectivity index (χ4n) is 5.50. The van der Waals surface area contributed by atoms with Crippen LogP contribution < -0.4 is 5.32 Å². The van der Waals surface area contributed by atoms with E-state index < -0.39 is 17.4 Å². The highest BCUT2D eigenvalue weighted by Gasteiger charge is 2.35. The summed E-state index contributed by atoms with van der Waals surface area (Å²) in [7, 11) is 12.2. The smallest absolute Gasteiger partial charge is 0.241 e. The summed E-state index contributed by atoms with van der Waals surface area (Å²) in [4.78, 5) is 7.01. The highest BCUT2D eigenvalue weighted by Crippen LogP contribution is 2.32. The summed E-state index contributed by atoms with van der Waals surface area (Å²) in [5.74, 6) is 0.317. The molecule has 1 aromatic carbocycles. The first-order valence-corrected chi connectivity index (χ1v) is 13.5. The lowest BCUT2D eigenvalue weighted by Crippen LogP contribution is -2.53. The van der Waals surface area contributed by atoms with E-state index in [-0.39, 0.29) is 19.0 Å². The summed E-state index contributed by atoms with van der Waals surface area (Å²) in [6, 6.07) is 7.75. The summed E-state index contributed by atoms with van der Waals surface area (Å²) in [6.07, 6.45) is 5.18. The molecule has 194 valence electrons. The van der Waals surface area contributed by atoms with Crippen LogP contribution in [0.15, 0.2) is 30.5 Å². The van der Waals surface area contributed by atoms with Gasteiger partial charge in [0.15, 0.2) is 0 Å². The standard InChI is InChI=1S/C25H28B2F2N8S/c26-25(27,38)13-21-23-17(15-4-5-20-22(12-15)36(11-8-28)34-32-20)6-10-37(23)33-24(31-21)30-19-7-9-35(14-18(19)29)16-2-1-3-16/h4-6,10,12,16,18-19,38H,1-3,7-9,11,13-14H2,(H,30,33)/t18-,19?/m0/s1. The number of nitrogens with one attached hydrogen (secondary N) is 1. The Bertz CT molecular complexity index is 1450. The quantitative estimate of drug-likeness (QED) is 0.269. The van der Waals surface area contributed by atoms with Gasteiger partial charge in [-0.1, -0.05) is 22.2 Å². The van der Waals surface area contributed by atoms with Crippen molar-refractivity contribution in [2.75, 3.05) is 25.1 Å². The van der Waals surface area contributed by atoms with Crippen molar-refractivity contribution in [2.24, 2.45) is 0 Å². The summed E-state index contributed by atoms with van der Waals surface area (Å²) < 4.78 is 30.1. The van der Waals surface area contributed by atoms with Gasteiger partial charge in [0.2, 0.25) is 5.95 Å². The van der Waals surface area contributed by atoms with Crippen molar-refractivity contribution < 1.29 is 8.78 Å². The Balaban J connectivity index is 1.34. The second kappa shape index (κ2) is 10.1. The highest BCUT2D eigenvalue weighted by molar-refractivity contribution is 7.84. The first-order chi connectivity index (χ1) is 18.3. The minimum Gasteiger partial charge on any atom is -0.347 e. The van der Waals surface area contributed by atoms with Crippen LogP contribution in [-0.2, 0) is 13.0 Å². The predicted molar refractivity (Wildman–Crippen MR) is 149 cm³/mol. The first kappa shape index (κ1) is 25.6. The van der Waals surface area contributed by atoms with Crippen molar-refractivity contribution >= 4 is 50.8 Å². The number of fused-ring (bicyclic) bond motifs is 2. The molecule has 6 rings (SSSR count). The number of benzene rings is 1. The molecule has 4 aromatic rings. The molecule has 1 aliphatic heterocycles. The van der Waals surface area contributed by atoms with Crippen LogP contribution in [0.4, 0.5) is 14.7 Å². The number of thiol groups is 1. The molecule has 0 amide bonds. The van der Waals surface area contributed by atoms with E-state index in [2.05, 4.69) is 38.3 Å². The van der Waals surface area contributed by atoms with Gasteiger partial charge in [-0.3, -0.25) is 4.90 Å². The highest BCUT2D eigenvalue weighted by atomic mass is 32.1. The van der Waals surface area contributed by atoms with Gasteiger partial charge in [-0.2, -0.15) is 12.6 Å². The maximum atomic E-state index is 15.1. The molecule has 1 unspecified atom stereocenters. The Morgan fingerprint density at radius 3 is 2.74 bits per heavy atom. The number of piperidine rings is 1. The maximum Gasteiger partial charge on any atom is 0.241 e. The molecule has 13 heteroatoms. The lowest BCUT2D eigenvalue weighted by atomic mass is 9.67. The minimum atomic E-state index is -1.32. The third-order valence-electron chi connectivity index (χ3n) is 7.63. The van der Waals surface area contributed by atoms with Crippen LogP contribution in [0.2, 0.25) is 0 Å². The molecule has 3 aromatic heterocycles.